The fraction of sp³-hybridized carbons (Fsp3) is 0.468. The van der Waals surface area contributed by atoms with Crippen molar-refractivity contribution >= 4 is 45.4 Å². The van der Waals surface area contributed by atoms with Gasteiger partial charge in [-0.25, -0.2) is 18.2 Å². The first-order valence-corrected chi connectivity index (χ1v) is 22.0. The fourth-order valence-corrected chi connectivity index (χ4v) is 10.4. The first-order valence-electron chi connectivity index (χ1n) is 22.0. The van der Waals surface area contributed by atoms with Gasteiger partial charge in [0.1, 0.15) is 0 Å². The number of para-hydroxylation sites is 1. The number of hydrogen-bond donors (Lipinski definition) is 3. The van der Waals surface area contributed by atoms with Crippen LogP contribution in [0.2, 0.25) is 0 Å². The van der Waals surface area contributed by atoms with Crippen LogP contribution in [0.3, 0.4) is 0 Å². The van der Waals surface area contributed by atoms with E-state index < -0.39 is 17.8 Å². The topological polar surface area (TPSA) is 92.7 Å². The molecule has 14 heteroatoms. The predicted molar refractivity (Wildman–Crippen MR) is 238 cm³/mol. The lowest BCUT2D eigenvalue weighted by Crippen LogP contribution is -2.49. The van der Waals surface area contributed by atoms with E-state index in [9.17, 15) is 0 Å². The predicted octanol–water partition coefficient (Wildman–Crippen LogP) is 8.25. The molecule has 1 saturated carbocycles. The molecule has 2 aromatic carbocycles. The number of hydrogen-bond acceptors (Lipinski definition) is 10. The largest absolute Gasteiger partial charge is 0.375 e. The molecule has 0 radical (unpaired) electrons. The average Bonchev–Trinajstić information content (AvgIpc) is 4.05. The first kappa shape index (κ1) is 39.6. The lowest BCUT2D eigenvalue weighted by atomic mass is 9.90. The van der Waals surface area contributed by atoms with Crippen LogP contribution in [0.1, 0.15) is 68.5 Å². The highest BCUT2D eigenvalue weighted by Gasteiger charge is 2.50. The van der Waals surface area contributed by atoms with Crippen molar-refractivity contribution in [3.63, 3.8) is 0 Å². The molecule has 0 spiro atoms. The zero-order valence-electron chi connectivity index (χ0n) is 35.3. The molecule has 4 aromatic rings. The zero-order valence-corrected chi connectivity index (χ0v) is 35.3. The number of piperidine rings is 2. The Balaban J connectivity index is 0.767. The summed E-state index contributed by atoms with van der Waals surface area (Å²) in [6, 6.07) is 11.4. The quantitative estimate of drug-likeness (QED) is 0.161. The van der Waals surface area contributed by atoms with E-state index in [1.807, 2.05) is 30.1 Å². The molecule has 61 heavy (non-hydrogen) atoms. The molecule has 10 rings (SSSR count). The number of halogens is 3. The van der Waals surface area contributed by atoms with E-state index in [1.165, 1.54) is 22.8 Å². The van der Waals surface area contributed by atoms with Crippen molar-refractivity contribution in [1.29, 1.82) is 0 Å². The molecule has 3 N–H and O–H groups in total. The lowest BCUT2D eigenvalue weighted by Gasteiger charge is -2.39. The van der Waals surface area contributed by atoms with Gasteiger partial charge in [-0.3, -0.25) is 9.58 Å². The van der Waals surface area contributed by atoms with E-state index in [1.54, 1.807) is 0 Å². The van der Waals surface area contributed by atoms with Gasteiger partial charge in [0.05, 0.1) is 34.8 Å². The van der Waals surface area contributed by atoms with Gasteiger partial charge in [-0.1, -0.05) is 31.9 Å². The summed E-state index contributed by atoms with van der Waals surface area (Å²) in [7, 11) is 3.96. The van der Waals surface area contributed by atoms with E-state index in [-0.39, 0.29) is 30.5 Å². The number of rotatable bonds is 8. The molecule has 2 unspecified atom stereocenters. The summed E-state index contributed by atoms with van der Waals surface area (Å²) >= 11 is 0. The minimum Gasteiger partial charge on any atom is -0.375 e. The van der Waals surface area contributed by atoms with Crippen molar-refractivity contribution in [1.82, 2.24) is 35.3 Å². The fourth-order valence-electron chi connectivity index (χ4n) is 10.4. The summed E-state index contributed by atoms with van der Waals surface area (Å²) < 4.78 is 48.1. The van der Waals surface area contributed by atoms with Crippen LogP contribution in [0.5, 0.6) is 0 Å². The SMILES string of the molecule is C=C1CCC(c2nn(C)c3c(N4CCC(CN5CCN(c6ncc(F)c(Nc7ccc8c(c7)C7=C(CCC(F)(F)C(C9CC9)N7)C(=C)N8C)n6)CC5)CC4)cccc23)C(=C)N1. The highest BCUT2D eigenvalue weighted by atomic mass is 19.3. The molecule has 5 aliphatic heterocycles. The van der Waals surface area contributed by atoms with Crippen molar-refractivity contribution in [3.8, 4) is 0 Å². The maximum atomic E-state index is 15.3. The third kappa shape index (κ3) is 7.40. The molecule has 7 heterocycles. The Hall–Kier alpha value is -5.50. The first-order chi connectivity index (χ1) is 29.4. The second-order valence-corrected chi connectivity index (χ2v) is 18.0. The van der Waals surface area contributed by atoms with Gasteiger partial charge < -0.3 is 30.7 Å². The molecule has 2 aromatic heterocycles. The number of likely N-dealkylation sites (N-methyl/N-ethyl adjacent to an activating group) is 1. The smallest absolute Gasteiger partial charge is 0.268 e. The third-order valence-electron chi connectivity index (χ3n) is 14.1. The molecular formula is C47H56F3N11. The molecule has 1 aliphatic carbocycles. The highest BCUT2D eigenvalue weighted by Crippen LogP contribution is 2.49. The van der Waals surface area contributed by atoms with Gasteiger partial charge in [0.15, 0.2) is 11.6 Å². The summed E-state index contributed by atoms with van der Waals surface area (Å²) in [5, 5.41) is 16.1. The van der Waals surface area contributed by atoms with Crippen LogP contribution in [-0.4, -0.2) is 89.5 Å². The van der Waals surface area contributed by atoms with Crippen LogP contribution in [0.15, 0.2) is 85.0 Å². The monoisotopic (exact) mass is 831 g/mol. The minimum absolute atomic E-state index is 0.0460. The normalized spacial score (nSPS) is 23.8. The molecule has 3 saturated heterocycles. The maximum absolute atomic E-state index is 15.3. The Morgan fingerprint density at radius 2 is 1.69 bits per heavy atom. The number of nitrogens with zero attached hydrogens (tertiary/aromatic N) is 8. The number of fused-ring (bicyclic) bond motifs is 3. The number of aromatic nitrogens is 4. The van der Waals surface area contributed by atoms with Crippen LogP contribution in [0.25, 0.3) is 16.6 Å². The number of anilines is 5. The standard InChI is InChI=1S/C47H56F3N11/c1-28-9-13-34(29(2)52-28)42-36-7-6-8-40(43(36)58(5)56-42)60-19-16-31(17-20-60)27-59-21-23-61(24-22-59)46-51-26-38(48)45(55-46)53-33-12-14-39-37(25-33)41-35(30(3)57(39)4)15-18-47(49,50)44(54-41)32-10-11-32/h6-8,12,14,25-26,31-32,34,44,52,54H,1-3,9-11,13,15-24,27H2,4-5H3,(H,51,53,55). The van der Waals surface area contributed by atoms with Gasteiger partial charge in [-0.2, -0.15) is 10.1 Å². The summed E-state index contributed by atoms with van der Waals surface area (Å²) in [6.45, 7) is 19.0. The van der Waals surface area contributed by atoms with E-state index in [0.717, 1.165) is 124 Å². The van der Waals surface area contributed by atoms with Gasteiger partial charge in [-0.05, 0) is 86.6 Å². The van der Waals surface area contributed by atoms with Gasteiger partial charge in [0.2, 0.25) is 5.95 Å². The number of nitrogens with one attached hydrogen (secondary N) is 3. The average molecular weight is 832 g/mol. The molecule has 2 atom stereocenters. The molecule has 11 nitrogen and oxygen atoms in total. The third-order valence-corrected chi connectivity index (χ3v) is 14.1. The number of aryl methyl sites for hydroxylation is 1. The Morgan fingerprint density at radius 1 is 0.902 bits per heavy atom. The number of benzene rings is 2. The van der Waals surface area contributed by atoms with E-state index in [2.05, 4.69) is 90.3 Å². The number of alkyl halides is 2. The summed E-state index contributed by atoms with van der Waals surface area (Å²) in [4.78, 5) is 18.2. The lowest BCUT2D eigenvalue weighted by molar-refractivity contribution is -0.0441. The molecule has 0 amide bonds. The Morgan fingerprint density at radius 3 is 2.44 bits per heavy atom. The summed E-state index contributed by atoms with van der Waals surface area (Å²) in [5.41, 5.74) is 10.0. The van der Waals surface area contributed by atoms with Crippen LogP contribution in [0.4, 0.5) is 42.0 Å². The summed E-state index contributed by atoms with van der Waals surface area (Å²) in [5.74, 6) is -2.08. The highest BCUT2D eigenvalue weighted by molar-refractivity contribution is 5.94. The van der Waals surface area contributed by atoms with Crippen LogP contribution >= 0.6 is 0 Å². The van der Waals surface area contributed by atoms with Crippen molar-refractivity contribution in [3.05, 3.63) is 102 Å². The Labute approximate surface area is 356 Å². The van der Waals surface area contributed by atoms with Gasteiger partial charge >= 0.3 is 0 Å². The van der Waals surface area contributed by atoms with E-state index in [4.69, 9.17) is 5.10 Å². The minimum atomic E-state index is -2.82. The van der Waals surface area contributed by atoms with Crippen molar-refractivity contribution in [2.24, 2.45) is 18.9 Å². The summed E-state index contributed by atoms with van der Waals surface area (Å²) in [6.07, 6.45) is 6.98. The van der Waals surface area contributed by atoms with Gasteiger partial charge in [0.25, 0.3) is 5.92 Å². The van der Waals surface area contributed by atoms with Gasteiger partial charge in [0, 0.05) is 112 Å². The zero-order chi connectivity index (χ0) is 42.2. The maximum Gasteiger partial charge on any atom is 0.268 e. The molecular weight excluding hydrogens is 776 g/mol. The molecule has 320 valence electrons. The Bertz CT molecular complexity index is 2440. The van der Waals surface area contributed by atoms with Crippen molar-refractivity contribution < 1.29 is 13.2 Å². The molecule has 4 fully saturated rings. The van der Waals surface area contributed by atoms with Crippen molar-refractivity contribution in [2.45, 2.75) is 69.2 Å². The molecule has 0 bridgehead atoms. The van der Waals surface area contributed by atoms with Crippen LogP contribution < -0.4 is 30.7 Å². The van der Waals surface area contributed by atoms with Crippen LogP contribution in [0, 0.1) is 17.7 Å². The number of piperazine rings is 1. The second kappa shape index (κ2) is 15.4. The van der Waals surface area contributed by atoms with E-state index >= 15 is 13.2 Å². The second-order valence-electron chi connectivity index (χ2n) is 18.0. The van der Waals surface area contributed by atoms with Crippen LogP contribution in [-0.2, 0) is 7.05 Å². The van der Waals surface area contributed by atoms with E-state index in [0.29, 0.717) is 23.3 Å². The Kier molecular flexibility index (Phi) is 10.0. The van der Waals surface area contributed by atoms with Gasteiger partial charge in [-0.15, -0.1) is 0 Å². The number of allylic oxidation sites excluding steroid dienone is 3. The van der Waals surface area contributed by atoms with Crippen molar-refractivity contribution in [2.75, 3.05) is 72.9 Å². The molecule has 6 aliphatic rings.